The van der Waals surface area contributed by atoms with E-state index in [2.05, 4.69) is 6.92 Å². The molecular formula is C14H28O2. The second kappa shape index (κ2) is 7.29. The van der Waals surface area contributed by atoms with E-state index < -0.39 is 0 Å². The summed E-state index contributed by atoms with van der Waals surface area (Å²) < 4.78 is 0. The Bertz CT molecular complexity index is 178. The minimum absolute atomic E-state index is 0.102. The summed E-state index contributed by atoms with van der Waals surface area (Å²) >= 11 is 0. The van der Waals surface area contributed by atoms with Gasteiger partial charge in [0.2, 0.25) is 0 Å². The van der Waals surface area contributed by atoms with E-state index in [1.54, 1.807) is 0 Å². The second-order valence-electron chi connectivity index (χ2n) is 5.37. The maximum atomic E-state index is 10.1. The molecule has 96 valence electrons. The van der Waals surface area contributed by atoms with E-state index in [1.165, 1.54) is 25.7 Å². The first-order chi connectivity index (χ1) is 7.69. The summed E-state index contributed by atoms with van der Waals surface area (Å²) in [7, 11) is 0. The molecule has 1 aliphatic rings. The summed E-state index contributed by atoms with van der Waals surface area (Å²) in [6.07, 6.45) is 8.26. The van der Waals surface area contributed by atoms with Crippen molar-refractivity contribution in [2.24, 2.45) is 11.8 Å². The average molecular weight is 228 g/mol. The van der Waals surface area contributed by atoms with Crippen LogP contribution in [0, 0.1) is 11.8 Å². The van der Waals surface area contributed by atoms with Gasteiger partial charge in [-0.25, -0.2) is 0 Å². The minimum atomic E-state index is -0.318. The van der Waals surface area contributed by atoms with E-state index in [0.717, 1.165) is 31.6 Å². The molecule has 16 heavy (non-hydrogen) atoms. The topological polar surface area (TPSA) is 40.5 Å². The summed E-state index contributed by atoms with van der Waals surface area (Å²) in [6, 6.07) is 0. The number of aliphatic hydroxyl groups excluding tert-OH is 2. The van der Waals surface area contributed by atoms with Crippen LogP contribution in [0.15, 0.2) is 0 Å². The molecule has 0 aliphatic heterocycles. The number of aliphatic hydroxyl groups is 2. The Labute approximate surface area is 100 Å². The number of hydrogen-bond donors (Lipinski definition) is 2. The molecule has 0 radical (unpaired) electrons. The van der Waals surface area contributed by atoms with Crippen molar-refractivity contribution in [2.45, 2.75) is 77.4 Å². The maximum absolute atomic E-state index is 10.1. The molecular weight excluding hydrogens is 200 g/mol. The lowest BCUT2D eigenvalue weighted by molar-refractivity contribution is -0.00248. The van der Waals surface area contributed by atoms with Crippen LogP contribution in [-0.2, 0) is 0 Å². The van der Waals surface area contributed by atoms with Crippen LogP contribution in [0.25, 0.3) is 0 Å². The zero-order valence-corrected chi connectivity index (χ0v) is 10.9. The molecule has 3 unspecified atom stereocenters. The van der Waals surface area contributed by atoms with Crippen molar-refractivity contribution in [3.8, 4) is 0 Å². The fourth-order valence-corrected chi connectivity index (χ4v) is 2.66. The van der Waals surface area contributed by atoms with Crippen LogP contribution in [0.3, 0.4) is 0 Å². The molecule has 1 saturated carbocycles. The Kier molecular flexibility index (Phi) is 6.37. The minimum Gasteiger partial charge on any atom is -0.393 e. The quantitative estimate of drug-likeness (QED) is 0.670. The molecule has 0 aromatic rings. The largest absolute Gasteiger partial charge is 0.393 e. The van der Waals surface area contributed by atoms with Gasteiger partial charge in [0, 0.05) is 5.92 Å². The number of hydrogen-bond acceptors (Lipinski definition) is 2. The van der Waals surface area contributed by atoms with Gasteiger partial charge in [-0.15, -0.1) is 0 Å². The molecule has 1 rings (SSSR count). The van der Waals surface area contributed by atoms with Crippen molar-refractivity contribution in [2.75, 3.05) is 0 Å². The monoisotopic (exact) mass is 228 g/mol. The van der Waals surface area contributed by atoms with E-state index in [1.807, 2.05) is 6.92 Å². The van der Waals surface area contributed by atoms with Crippen molar-refractivity contribution >= 4 is 0 Å². The molecule has 0 spiro atoms. The summed E-state index contributed by atoms with van der Waals surface area (Å²) in [6.45, 7) is 4.09. The highest BCUT2D eigenvalue weighted by atomic mass is 16.3. The van der Waals surface area contributed by atoms with Gasteiger partial charge >= 0.3 is 0 Å². The predicted octanol–water partition coefficient (Wildman–Crippen LogP) is 3.11. The molecule has 0 bridgehead atoms. The van der Waals surface area contributed by atoms with Crippen LogP contribution >= 0.6 is 0 Å². The summed E-state index contributed by atoms with van der Waals surface area (Å²) in [5.74, 6) is 0.978. The van der Waals surface area contributed by atoms with Gasteiger partial charge in [-0.3, -0.25) is 0 Å². The van der Waals surface area contributed by atoms with Gasteiger partial charge in [-0.1, -0.05) is 39.5 Å². The molecule has 1 fully saturated rings. The molecule has 1 aliphatic carbocycles. The third-order valence-electron chi connectivity index (χ3n) is 4.12. The maximum Gasteiger partial charge on any atom is 0.0593 e. The van der Waals surface area contributed by atoms with Crippen LogP contribution in [-0.4, -0.2) is 22.4 Å². The number of rotatable bonds is 8. The molecule has 0 saturated heterocycles. The van der Waals surface area contributed by atoms with Crippen LogP contribution < -0.4 is 0 Å². The van der Waals surface area contributed by atoms with Gasteiger partial charge in [-0.2, -0.15) is 0 Å². The standard InChI is InChI=1S/C14H28O2/c1-3-6-14(16)12(13(15)4-2)10-9-11-7-5-8-11/h11-16H,3-10H2,1-2H3. The average Bonchev–Trinajstić information content (AvgIpc) is 2.21. The van der Waals surface area contributed by atoms with Crippen molar-refractivity contribution in [1.29, 1.82) is 0 Å². The fourth-order valence-electron chi connectivity index (χ4n) is 2.66. The Morgan fingerprint density at radius 2 is 1.75 bits per heavy atom. The third-order valence-corrected chi connectivity index (χ3v) is 4.12. The molecule has 2 N–H and O–H groups in total. The van der Waals surface area contributed by atoms with Crippen molar-refractivity contribution in [3.05, 3.63) is 0 Å². The zero-order valence-electron chi connectivity index (χ0n) is 10.9. The van der Waals surface area contributed by atoms with Gasteiger partial charge in [0.15, 0.2) is 0 Å². The van der Waals surface area contributed by atoms with E-state index >= 15 is 0 Å². The highest BCUT2D eigenvalue weighted by molar-refractivity contribution is 4.78. The molecule has 0 aromatic carbocycles. The predicted molar refractivity (Wildman–Crippen MR) is 67.3 cm³/mol. The van der Waals surface area contributed by atoms with E-state index in [0.29, 0.717) is 0 Å². The second-order valence-corrected chi connectivity index (χ2v) is 5.37. The third kappa shape index (κ3) is 4.06. The van der Waals surface area contributed by atoms with Crippen LogP contribution in [0.4, 0.5) is 0 Å². The molecule has 0 heterocycles. The SMILES string of the molecule is CCCC(O)C(CCC1CCC1)C(O)CC. The van der Waals surface area contributed by atoms with Crippen LogP contribution in [0.5, 0.6) is 0 Å². The first-order valence-corrected chi connectivity index (χ1v) is 7.05. The van der Waals surface area contributed by atoms with Crippen molar-refractivity contribution in [1.82, 2.24) is 0 Å². The first-order valence-electron chi connectivity index (χ1n) is 7.05. The lowest BCUT2D eigenvalue weighted by Crippen LogP contribution is -2.32. The van der Waals surface area contributed by atoms with Crippen LogP contribution in [0.1, 0.15) is 65.2 Å². The Hall–Kier alpha value is -0.0800. The molecule has 0 amide bonds. The van der Waals surface area contributed by atoms with Crippen molar-refractivity contribution < 1.29 is 10.2 Å². The van der Waals surface area contributed by atoms with Crippen LogP contribution in [0.2, 0.25) is 0 Å². The van der Waals surface area contributed by atoms with Gasteiger partial charge in [0.05, 0.1) is 12.2 Å². The molecule has 2 heteroatoms. The van der Waals surface area contributed by atoms with E-state index in [4.69, 9.17) is 0 Å². The van der Waals surface area contributed by atoms with Gasteiger partial charge in [-0.05, 0) is 31.6 Å². The lowest BCUT2D eigenvalue weighted by Gasteiger charge is -2.31. The Morgan fingerprint density at radius 1 is 1.06 bits per heavy atom. The van der Waals surface area contributed by atoms with Gasteiger partial charge in [0.1, 0.15) is 0 Å². The van der Waals surface area contributed by atoms with Gasteiger partial charge in [0.25, 0.3) is 0 Å². The lowest BCUT2D eigenvalue weighted by atomic mass is 9.78. The fraction of sp³-hybridized carbons (Fsp3) is 1.00. The van der Waals surface area contributed by atoms with E-state index in [9.17, 15) is 10.2 Å². The van der Waals surface area contributed by atoms with E-state index in [-0.39, 0.29) is 18.1 Å². The Morgan fingerprint density at radius 3 is 2.19 bits per heavy atom. The summed E-state index contributed by atoms with van der Waals surface area (Å²) in [5, 5.41) is 20.0. The zero-order chi connectivity index (χ0) is 12.0. The van der Waals surface area contributed by atoms with Crippen molar-refractivity contribution in [3.63, 3.8) is 0 Å². The highest BCUT2D eigenvalue weighted by Crippen LogP contribution is 2.33. The molecule has 0 aromatic heterocycles. The summed E-state index contributed by atoms with van der Waals surface area (Å²) in [5.41, 5.74) is 0. The first kappa shape index (κ1) is 14.0. The van der Waals surface area contributed by atoms with Gasteiger partial charge < -0.3 is 10.2 Å². The summed E-state index contributed by atoms with van der Waals surface area (Å²) in [4.78, 5) is 0. The Balaban J connectivity index is 2.35. The highest BCUT2D eigenvalue weighted by Gasteiger charge is 2.27. The normalized spacial score (nSPS) is 22.5. The molecule has 2 nitrogen and oxygen atoms in total. The smallest absolute Gasteiger partial charge is 0.0593 e. The molecule has 3 atom stereocenters.